The predicted molar refractivity (Wildman–Crippen MR) is 79.3 cm³/mol. The van der Waals surface area contributed by atoms with Crippen molar-refractivity contribution in [2.75, 3.05) is 11.5 Å². The van der Waals surface area contributed by atoms with Crippen molar-refractivity contribution >= 4 is 40.5 Å². The van der Waals surface area contributed by atoms with Crippen LogP contribution in [0.15, 0.2) is 29.3 Å². The Labute approximate surface area is 126 Å². The highest BCUT2D eigenvalue weighted by atomic mass is 35.7. The minimum absolute atomic E-state index is 0.00148. The molecule has 9 heteroatoms. The zero-order valence-electron chi connectivity index (χ0n) is 11.1. The normalized spacial score (nSPS) is 12.9. The number of fused-ring (bicyclic) bond motifs is 1. The summed E-state index contributed by atoms with van der Waals surface area (Å²) in [7, 11) is -1.91. The van der Waals surface area contributed by atoms with E-state index < -0.39 is 24.7 Å². The summed E-state index contributed by atoms with van der Waals surface area (Å²) in [6.07, 6.45) is 1.23. The smallest absolute Gasteiger partial charge is 0.263 e. The molecule has 0 saturated heterocycles. The maximum Gasteiger partial charge on any atom is 0.263 e. The lowest BCUT2D eigenvalue weighted by Gasteiger charge is -2.05. The molecule has 5 nitrogen and oxygen atoms in total. The van der Waals surface area contributed by atoms with E-state index in [-0.39, 0.29) is 28.3 Å². The van der Waals surface area contributed by atoms with Gasteiger partial charge < -0.3 is 4.57 Å². The zero-order valence-corrected chi connectivity index (χ0v) is 13.5. The maximum absolute atomic E-state index is 13.3. The molecule has 0 bridgehead atoms. The number of aryl methyl sites for hydroxylation is 1. The van der Waals surface area contributed by atoms with Gasteiger partial charge in [-0.2, -0.15) is 0 Å². The zero-order chi connectivity index (χ0) is 15.8. The molecule has 0 atom stereocenters. The monoisotopic (exact) mass is 353 g/mol. The van der Waals surface area contributed by atoms with Gasteiger partial charge in [0.2, 0.25) is 0 Å². The number of sulfone groups is 1. The Morgan fingerprint density at radius 3 is 2.48 bits per heavy atom. The average molecular weight is 354 g/mol. The summed E-state index contributed by atoms with van der Waals surface area (Å²) in [4.78, 5) is -0.229. The molecular weight excluding hydrogens is 341 g/mol. The van der Waals surface area contributed by atoms with Crippen LogP contribution in [0.1, 0.15) is 6.92 Å². The van der Waals surface area contributed by atoms with Crippen molar-refractivity contribution < 1.29 is 21.2 Å². The van der Waals surface area contributed by atoms with E-state index >= 15 is 0 Å². The molecule has 21 heavy (non-hydrogen) atoms. The number of aromatic nitrogens is 1. The van der Waals surface area contributed by atoms with Gasteiger partial charge in [0, 0.05) is 40.1 Å². The largest absolute Gasteiger partial charge is 0.345 e. The number of hydrogen-bond donors (Lipinski definition) is 0. The second-order valence-electron chi connectivity index (χ2n) is 4.52. The lowest BCUT2D eigenvalue weighted by Crippen LogP contribution is -2.14. The third-order valence-electron chi connectivity index (χ3n) is 3.15. The highest BCUT2D eigenvalue weighted by Gasteiger charge is 2.20. The molecule has 0 amide bonds. The predicted octanol–water partition coefficient (Wildman–Crippen LogP) is 2.14. The minimum Gasteiger partial charge on any atom is -0.345 e. The van der Waals surface area contributed by atoms with E-state index in [2.05, 4.69) is 0 Å². The van der Waals surface area contributed by atoms with Gasteiger partial charge in [0.05, 0.1) is 5.75 Å². The number of rotatable bonds is 5. The number of hydrogen-bond acceptors (Lipinski definition) is 4. The fourth-order valence-corrected chi connectivity index (χ4v) is 3.81. The van der Waals surface area contributed by atoms with E-state index in [9.17, 15) is 21.2 Å². The summed E-state index contributed by atoms with van der Waals surface area (Å²) in [5, 5.41) is 0.138. The van der Waals surface area contributed by atoms with Crippen LogP contribution in [0.5, 0.6) is 0 Å². The lowest BCUT2D eigenvalue weighted by atomic mass is 10.2. The van der Waals surface area contributed by atoms with Crippen molar-refractivity contribution in [3.8, 4) is 0 Å². The first-order valence-corrected chi connectivity index (χ1v) is 10.2. The van der Waals surface area contributed by atoms with Gasteiger partial charge >= 0.3 is 0 Å². The van der Waals surface area contributed by atoms with Crippen LogP contribution in [0.2, 0.25) is 0 Å². The van der Waals surface area contributed by atoms with Gasteiger partial charge in [0.25, 0.3) is 9.05 Å². The molecule has 0 saturated carbocycles. The third-order valence-corrected chi connectivity index (χ3v) is 6.19. The number of halogens is 2. The molecule has 0 spiro atoms. The third kappa shape index (κ3) is 3.56. The van der Waals surface area contributed by atoms with Crippen molar-refractivity contribution in [2.24, 2.45) is 0 Å². The van der Waals surface area contributed by atoms with E-state index in [1.165, 1.54) is 29.8 Å². The summed E-state index contributed by atoms with van der Waals surface area (Å²) in [5.74, 6) is -0.725. The molecule has 2 aromatic rings. The Bertz CT molecular complexity index is 887. The quantitative estimate of drug-likeness (QED) is 0.772. The molecule has 0 aliphatic carbocycles. The van der Waals surface area contributed by atoms with E-state index in [0.717, 1.165) is 6.07 Å². The van der Waals surface area contributed by atoms with Crippen molar-refractivity contribution in [2.45, 2.75) is 18.4 Å². The molecule has 0 aliphatic heterocycles. The lowest BCUT2D eigenvalue weighted by molar-refractivity contribution is 0.591. The average Bonchev–Trinajstić information content (AvgIpc) is 2.74. The highest BCUT2D eigenvalue weighted by molar-refractivity contribution is 8.14. The van der Waals surface area contributed by atoms with Gasteiger partial charge in [-0.3, -0.25) is 0 Å². The Hall–Kier alpha value is -1.12. The molecule has 1 heterocycles. The van der Waals surface area contributed by atoms with Crippen molar-refractivity contribution in [1.29, 1.82) is 0 Å². The van der Waals surface area contributed by atoms with E-state index in [4.69, 9.17) is 10.7 Å². The fourth-order valence-electron chi connectivity index (χ4n) is 2.00. The molecular formula is C12H13ClFNO4S2. The van der Waals surface area contributed by atoms with Crippen molar-refractivity contribution in [1.82, 2.24) is 4.57 Å². The van der Waals surface area contributed by atoms with Gasteiger partial charge in [-0.15, -0.1) is 0 Å². The summed E-state index contributed by atoms with van der Waals surface area (Å²) in [6, 6.07) is 3.64. The Balaban J connectivity index is 2.56. The Morgan fingerprint density at radius 2 is 1.90 bits per heavy atom. The molecule has 0 fully saturated rings. The van der Waals surface area contributed by atoms with E-state index in [0.29, 0.717) is 5.52 Å². The van der Waals surface area contributed by atoms with Crippen LogP contribution in [-0.4, -0.2) is 32.9 Å². The van der Waals surface area contributed by atoms with Gasteiger partial charge in [-0.05, 0) is 18.2 Å². The van der Waals surface area contributed by atoms with Crippen LogP contribution < -0.4 is 0 Å². The summed E-state index contributed by atoms with van der Waals surface area (Å²) < 4.78 is 60.9. The molecule has 0 N–H and O–H groups in total. The van der Waals surface area contributed by atoms with Crippen LogP contribution in [0.3, 0.4) is 0 Å². The van der Waals surface area contributed by atoms with Gasteiger partial charge in [0.1, 0.15) is 10.7 Å². The first-order chi connectivity index (χ1) is 9.64. The van der Waals surface area contributed by atoms with Crippen LogP contribution in [0.25, 0.3) is 10.9 Å². The second kappa shape index (κ2) is 5.58. The van der Waals surface area contributed by atoms with Crippen LogP contribution in [-0.2, 0) is 25.4 Å². The first kappa shape index (κ1) is 16.3. The second-order valence-corrected chi connectivity index (χ2v) is 9.53. The summed E-state index contributed by atoms with van der Waals surface area (Å²) >= 11 is 0. The minimum atomic E-state index is -4.05. The standard InChI is InChI=1S/C12H13ClFNO4S2/c1-2-20(16,17)6-5-15-8-12(21(13,18)19)10-7-9(14)3-4-11(10)15/h3-4,7-8H,2,5-6H2,1H3. The Kier molecular flexibility index (Phi) is 4.32. The van der Waals surface area contributed by atoms with E-state index in [1.54, 1.807) is 0 Å². The molecule has 1 aromatic heterocycles. The SMILES string of the molecule is CCS(=O)(=O)CCn1cc(S(=O)(=O)Cl)c2cc(F)ccc21. The Morgan fingerprint density at radius 1 is 1.24 bits per heavy atom. The topological polar surface area (TPSA) is 73.2 Å². The van der Waals surface area contributed by atoms with Crippen LogP contribution >= 0.6 is 10.7 Å². The first-order valence-electron chi connectivity index (χ1n) is 6.07. The molecule has 2 rings (SSSR count). The molecule has 0 aliphatic rings. The summed E-state index contributed by atoms with van der Waals surface area (Å²) in [5.41, 5.74) is 0.418. The maximum atomic E-state index is 13.3. The fraction of sp³-hybridized carbons (Fsp3) is 0.333. The summed E-state index contributed by atoms with van der Waals surface area (Å²) in [6.45, 7) is 1.61. The molecule has 1 aromatic carbocycles. The van der Waals surface area contributed by atoms with Gasteiger partial charge in [-0.1, -0.05) is 6.92 Å². The van der Waals surface area contributed by atoms with Gasteiger partial charge in [-0.25, -0.2) is 21.2 Å². The highest BCUT2D eigenvalue weighted by Crippen LogP contribution is 2.28. The van der Waals surface area contributed by atoms with E-state index in [1.807, 2.05) is 0 Å². The van der Waals surface area contributed by atoms with Crippen LogP contribution in [0, 0.1) is 5.82 Å². The van der Waals surface area contributed by atoms with Crippen molar-refractivity contribution in [3.05, 3.63) is 30.2 Å². The number of nitrogens with zero attached hydrogens (tertiary/aromatic N) is 1. The number of benzene rings is 1. The van der Waals surface area contributed by atoms with Gasteiger partial charge in [0.15, 0.2) is 9.84 Å². The van der Waals surface area contributed by atoms with Crippen molar-refractivity contribution in [3.63, 3.8) is 0 Å². The molecule has 0 radical (unpaired) electrons. The molecule has 116 valence electrons. The molecule has 0 unspecified atom stereocenters. The van der Waals surface area contributed by atoms with Crippen LogP contribution in [0.4, 0.5) is 4.39 Å².